The molecule has 0 bridgehead atoms. The molecule has 1 unspecified atom stereocenters. The standard InChI is InChI=1S/C4H11NO.BH3/c1-3-4(5)6-2;/h4H,3,5H2,1-2H3;1H3. The molecule has 44 valence electrons. The number of nitrogens with two attached hydrogens (primary N) is 1. The summed E-state index contributed by atoms with van der Waals surface area (Å²) in [6, 6.07) is 0. The van der Waals surface area contributed by atoms with Crippen LogP contribution in [0, 0.1) is 0 Å². The van der Waals surface area contributed by atoms with Crippen molar-refractivity contribution in [2.24, 2.45) is 5.73 Å². The Hall–Kier alpha value is -0.0151. The topological polar surface area (TPSA) is 35.2 Å². The summed E-state index contributed by atoms with van der Waals surface area (Å²) in [5, 5.41) is 0. The first-order valence-corrected chi connectivity index (χ1v) is 2.09. The Labute approximate surface area is 46.6 Å². The van der Waals surface area contributed by atoms with E-state index in [1.54, 1.807) is 7.11 Å². The maximum atomic E-state index is 5.25. The maximum absolute atomic E-state index is 5.25. The van der Waals surface area contributed by atoms with Gasteiger partial charge in [-0.05, 0) is 6.42 Å². The molecular formula is C4H14BNO. The highest BCUT2D eigenvalue weighted by Crippen LogP contribution is 1.81. The van der Waals surface area contributed by atoms with Crippen LogP contribution in [-0.4, -0.2) is 21.8 Å². The van der Waals surface area contributed by atoms with Gasteiger partial charge in [0.1, 0.15) is 6.23 Å². The van der Waals surface area contributed by atoms with E-state index in [-0.39, 0.29) is 14.6 Å². The van der Waals surface area contributed by atoms with E-state index in [1.807, 2.05) is 6.92 Å². The summed E-state index contributed by atoms with van der Waals surface area (Å²) >= 11 is 0. The number of methoxy groups -OCH3 is 1. The van der Waals surface area contributed by atoms with E-state index in [0.29, 0.717) is 0 Å². The molecule has 0 spiro atoms. The zero-order chi connectivity index (χ0) is 4.99. The van der Waals surface area contributed by atoms with Crippen LogP contribution in [0.15, 0.2) is 0 Å². The summed E-state index contributed by atoms with van der Waals surface area (Å²) < 4.78 is 4.68. The van der Waals surface area contributed by atoms with Gasteiger partial charge in [-0.25, -0.2) is 0 Å². The number of hydrogen-bond acceptors (Lipinski definition) is 2. The average Bonchev–Trinajstić information content (AvgIpc) is 1.65. The second-order valence-corrected chi connectivity index (χ2v) is 1.18. The molecule has 0 aromatic rings. The van der Waals surface area contributed by atoms with Crippen LogP contribution in [0.1, 0.15) is 13.3 Å². The summed E-state index contributed by atoms with van der Waals surface area (Å²) in [4.78, 5) is 0. The van der Waals surface area contributed by atoms with E-state index in [2.05, 4.69) is 4.74 Å². The van der Waals surface area contributed by atoms with E-state index in [1.165, 1.54) is 0 Å². The van der Waals surface area contributed by atoms with Crippen LogP contribution in [0.4, 0.5) is 0 Å². The molecular weight excluding hydrogens is 88.9 g/mol. The van der Waals surface area contributed by atoms with Crippen LogP contribution in [0.3, 0.4) is 0 Å². The first-order valence-electron chi connectivity index (χ1n) is 2.09. The SMILES string of the molecule is B.CCC(N)OC. The van der Waals surface area contributed by atoms with Gasteiger partial charge in [-0.15, -0.1) is 0 Å². The molecule has 0 heterocycles. The van der Waals surface area contributed by atoms with Crippen LogP contribution in [0.2, 0.25) is 0 Å². The highest BCUT2D eigenvalue weighted by atomic mass is 16.5. The van der Waals surface area contributed by atoms with Gasteiger partial charge in [-0.1, -0.05) is 6.92 Å². The Bertz CT molecular complexity index is 30.9. The Morgan fingerprint density at radius 1 is 1.71 bits per heavy atom. The molecule has 0 fully saturated rings. The van der Waals surface area contributed by atoms with Crippen LogP contribution < -0.4 is 5.73 Å². The quantitative estimate of drug-likeness (QED) is 0.364. The molecule has 0 saturated heterocycles. The minimum atomic E-state index is -0.0648. The monoisotopic (exact) mass is 103 g/mol. The molecule has 0 amide bonds. The lowest BCUT2D eigenvalue weighted by Crippen LogP contribution is -2.19. The van der Waals surface area contributed by atoms with Gasteiger partial charge in [0.15, 0.2) is 0 Å². The highest BCUT2D eigenvalue weighted by molar-refractivity contribution is 5.75. The van der Waals surface area contributed by atoms with Gasteiger partial charge in [-0.2, -0.15) is 0 Å². The Morgan fingerprint density at radius 3 is 2.14 bits per heavy atom. The van der Waals surface area contributed by atoms with Gasteiger partial charge in [0.2, 0.25) is 0 Å². The molecule has 3 heteroatoms. The van der Waals surface area contributed by atoms with Crippen molar-refractivity contribution in [3.63, 3.8) is 0 Å². The number of hydrogen-bond donors (Lipinski definition) is 1. The predicted molar refractivity (Wildman–Crippen MR) is 35.2 cm³/mol. The molecule has 7 heavy (non-hydrogen) atoms. The molecule has 0 saturated carbocycles. The summed E-state index contributed by atoms with van der Waals surface area (Å²) in [6.07, 6.45) is 0.821. The highest BCUT2D eigenvalue weighted by Gasteiger charge is 1.88. The van der Waals surface area contributed by atoms with E-state index in [0.717, 1.165) is 6.42 Å². The van der Waals surface area contributed by atoms with Crippen molar-refractivity contribution < 1.29 is 4.74 Å². The summed E-state index contributed by atoms with van der Waals surface area (Å²) in [6.45, 7) is 1.98. The first kappa shape index (κ1) is 10.1. The van der Waals surface area contributed by atoms with E-state index in [9.17, 15) is 0 Å². The predicted octanol–water partition coefficient (Wildman–Crippen LogP) is -0.856. The van der Waals surface area contributed by atoms with Gasteiger partial charge in [0, 0.05) is 7.11 Å². The lowest BCUT2D eigenvalue weighted by atomic mass is 10.4. The van der Waals surface area contributed by atoms with Crippen LogP contribution in [-0.2, 0) is 4.74 Å². The number of ether oxygens (including phenoxy) is 1. The van der Waals surface area contributed by atoms with Crippen molar-refractivity contribution in [1.82, 2.24) is 0 Å². The second-order valence-electron chi connectivity index (χ2n) is 1.18. The molecule has 1 atom stereocenters. The fourth-order valence-electron chi connectivity index (χ4n) is 0.167. The molecule has 0 radical (unpaired) electrons. The van der Waals surface area contributed by atoms with Crippen molar-refractivity contribution in [2.75, 3.05) is 7.11 Å². The zero-order valence-corrected chi connectivity index (χ0v) is 4.27. The summed E-state index contributed by atoms with van der Waals surface area (Å²) in [5.41, 5.74) is 5.25. The largest absolute Gasteiger partial charge is 0.367 e. The molecule has 2 N–H and O–H groups in total. The van der Waals surface area contributed by atoms with Gasteiger partial charge in [0.05, 0.1) is 8.41 Å². The third-order valence-electron chi connectivity index (χ3n) is 0.705. The molecule has 0 aromatic carbocycles. The van der Waals surface area contributed by atoms with E-state index in [4.69, 9.17) is 5.73 Å². The first-order chi connectivity index (χ1) is 2.81. The lowest BCUT2D eigenvalue weighted by molar-refractivity contribution is 0.105. The molecule has 2 nitrogen and oxygen atoms in total. The Morgan fingerprint density at radius 2 is 2.14 bits per heavy atom. The van der Waals surface area contributed by atoms with Crippen LogP contribution >= 0.6 is 0 Å². The van der Waals surface area contributed by atoms with Gasteiger partial charge in [-0.3, -0.25) is 0 Å². The van der Waals surface area contributed by atoms with Crippen molar-refractivity contribution in [2.45, 2.75) is 19.6 Å². The van der Waals surface area contributed by atoms with Crippen LogP contribution in [0.25, 0.3) is 0 Å². The summed E-state index contributed by atoms with van der Waals surface area (Å²) in [7, 11) is 1.61. The van der Waals surface area contributed by atoms with Crippen LogP contribution in [0.5, 0.6) is 0 Å². The van der Waals surface area contributed by atoms with Crippen molar-refractivity contribution in [1.29, 1.82) is 0 Å². The molecule has 0 aliphatic rings. The third kappa shape index (κ3) is 5.98. The number of rotatable bonds is 2. The fraction of sp³-hybridized carbons (Fsp3) is 1.00. The average molecular weight is 103 g/mol. The van der Waals surface area contributed by atoms with Crippen molar-refractivity contribution in [3.05, 3.63) is 0 Å². The smallest absolute Gasteiger partial charge is 0.104 e. The molecule has 0 rings (SSSR count). The molecule has 0 aliphatic carbocycles. The van der Waals surface area contributed by atoms with Gasteiger partial charge < -0.3 is 10.5 Å². The van der Waals surface area contributed by atoms with Gasteiger partial charge >= 0.3 is 0 Å². The van der Waals surface area contributed by atoms with E-state index < -0.39 is 0 Å². The minimum absolute atomic E-state index is 0. The molecule has 0 aliphatic heterocycles. The third-order valence-corrected chi connectivity index (χ3v) is 0.705. The normalized spacial score (nSPS) is 12.4. The van der Waals surface area contributed by atoms with Crippen molar-refractivity contribution >= 4 is 8.41 Å². The Kier molecular flexibility index (Phi) is 8.61. The van der Waals surface area contributed by atoms with Gasteiger partial charge in [0.25, 0.3) is 0 Å². The second kappa shape index (κ2) is 5.98. The summed E-state index contributed by atoms with van der Waals surface area (Å²) in [5.74, 6) is 0. The van der Waals surface area contributed by atoms with Crippen molar-refractivity contribution in [3.8, 4) is 0 Å². The maximum Gasteiger partial charge on any atom is 0.104 e. The van der Waals surface area contributed by atoms with E-state index >= 15 is 0 Å². The Balaban J connectivity index is 0. The zero-order valence-electron chi connectivity index (χ0n) is 4.27. The molecule has 0 aromatic heterocycles. The lowest BCUT2D eigenvalue weighted by Gasteiger charge is -2.01. The minimum Gasteiger partial charge on any atom is -0.367 e. The fourth-order valence-corrected chi connectivity index (χ4v) is 0.167.